The first-order chi connectivity index (χ1) is 11.2. The molecule has 128 valence electrons. The highest BCUT2D eigenvalue weighted by Gasteiger charge is 2.52. The Morgan fingerprint density at radius 2 is 1.79 bits per heavy atom. The van der Waals surface area contributed by atoms with Crippen LogP contribution in [0.3, 0.4) is 0 Å². The van der Waals surface area contributed by atoms with E-state index >= 15 is 0 Å². The van der Waals surface area contributed by atoms with Crippen molar-refractivity contribution >= 4 is 12.6 Å². The molecule has 3 nitrogen and oxygen atoms in total. The van der Waals surface area contributed by atoms with E-state index in [1.54, 1.807) is 12.2 Å². The van der Waals surface area contributed by atoms with Gasteiger partial charge in [-0.3, -0.25) is 0 Å². The van der Waals surface area contributed by atoms with Gasteiger partial charge in [0.15, 0.2) is 0 Å². The molecule has 1 aliphatic heterocycles. The minimum absolute atomic E-state index is 0.383. The number of hydrogen-bond donors (Lipinski definition) is 0. The molecule has 1 aromatic carbocycles. The summed E-state index contributed by atoms with van der Waals surface area (Å²) in [5.41, 5.74) is 2.22. The Kier molecular flexibility index (Phi) is 5.41. The minimum atomic E-state index is -0.443. The Morgan fingerprint density at radius 1 is 1.17 bits per heavy atom. The van der Waals surface area contributed by atoms with Gasteiger partial charge in [0.05, 0.1) is 11.2 Å². The third kappa shape index (κ3) is 3.65. The van der Waals surface area contributed by atoms with Crippen LogP contribution >= 0.6 is 0 Å². The van der Waals surface area contributed by atoms with Crippen LogP contribution in [0, 0.1) is 6.92 Å². The molecule has 0 spiro atoms. The number of benzene rings is 1. The number of rotatable bonds is 6. The fourth-order valence-corrected chi connectivity index (χ4v) is 2.53. The SMILES string of the molecule is C=C/C=C(\C=C)COc1cccc(C)c1B1OC(C)(C)C(C)(C)O1. The molecule has 1 aliphatic rings. The molecule has 1 heterocycles. The zero-order valence-electron chi connectivity index (χ0n) is 15.4. The van der Waals surface area contributed by atoms with Crippen LogP contribution in [0.2, 0.25) is 0 Å². The van der Waals surface area contributed by atoms with Crippen molar-refractivity contribution < 1.29 is 14.0 Å². The molecule has 24 heavy (non-hydrogen) atoms. The van der Waals surface area contributed by atoms with Gasteiger partial charge in [0.2, 0.25) is 0 Å². The summed E-state index contributed by atoms with van der Waals surface area (Å²) in [5.74, 6) is 0.769. The Morgan fingerprint density at radius 3 is 2.33 bits per heavy atom. The summed E-state index contributed by atoms with van der Waals surface area (Å²) in [7, 11) is -0.443. The molecular weight excluding hydrogens is 299 g/mol. The monoisotopic (exact) mass is 326 g/mol. The first-order valence-corrected chi connectivity index (χ1v) is 8.24. The Bertz CT molecular complexity index is 643. The van der Waals surface area contributed by atoms with Crippen LogP contribution in [0.4, 0.5) is 0 Å². The lowest BCUT2D eigenvalue weighted by atomic mass is 9.75. The van der Waals surface area contributed by atoms with Crippen molar-refractivity contribution in [2.45, 2.75) is 45.8 Å². The molecule has 0 amide bonds. The van der Waals surface area contributed by atoms with Crippen LogP contribution in [0.15, 0.2) is 55.2 Å². The van der Waals surface area contributed by atoms with Crippen molar-refractivity contribution in [3.63, 3.8) is 0 Å². The van der Waals surface area contributed by atoms with E-state index in [9.17, 15) is 0 Å². The van der Waals surface area contributed by atoms with Crippen molar-refractivity contribution in [1.29, 1.82) is 0 Å². The molecule has 0 atom stereocenters. The summed E-state index contributed by atoms with van der Waals surface area (Å²) in [4.78, 5) is 0. The third-order valence-corrected chi connectivity index (χ3v) is 4.76. The Labute approximate surface area is 146 Å². The molecule has 1 aromatic rings. The second-order valence-corrected chi connectivity index (χ2v) is 7.05. The van der Waals surface area contributed by atoms with Gasteiger partial charge in [-0.15, -0.1) is 0 Å². The molecule has 0 aliphatic carbocycles. The van der Waals surface area contributed by atoms with Crippen molar-refractivity contribution in [3.8, 4) is 5.75 Å². The molecule has 0 unspecified atom stereocenters. The fraction of sp³-hybridized carbons (Fsp3) is 0.400. The lowest BCUT2D eigenvalue weighted by Gasteiger charge is -2.32. The number of aryl methyl sites for hydroxylation is 1. The van der Waals surface area contributed by atoms with E-state index in [1.165, 1.54) is 0 Å². The molecule has 0 N–H and O–H groups in total. The summed E-state index contributed by atoms with van der Waals surface area (Å²) in [6.45, 7) is 18.2. The maximum absolute atomic E-state index is 6.20. The van der Waals surface area contributed by atoms with Crippen LogP contribution in [0.5, 0.6) is 5.75 Å². The van der Waals surface area contributed by atoms with E-state index in [4.69, 9.17) is 14.0 Å². The van der Waals surface area contributed by atoms with Crippen molar-refractivity contribution in [3.05, 3.63) is 60.7 Å². The average Bonchev–Trinajstić information content (AvgIpc) is 2.71. The lowest BCUT2D eigenvalue weighted by molar-refractivity contribution is 0.00578. The van der Waals surface area contributed by atoms with Crippen LogP contribution in [-0.2, 0) is 9.31 Å². The Balaban J connectivity index is 2.30. The molecule has 0 aromatic heterocycles. The van der Waals surface area contributed by atoms with E-state index in [0.717, 1.165) is 22.3 Å². The smallest absolute Gasteiger partial charge is 0.489 e. The van der Waals surface area contributed by atoms with Crippen LogP contribution in [0.25, 0.3) is 0 Å². The zero-order valence-corrected chi connectivity index (χ0v) is 15.4. The maximum Gasteiger partial charge on any atom is 0.498 e. The maximum atomic E-state index is 6.20. The summed E-state index contributed by atoms with van der Waals surface area (Å²) >= 11 is 0. The third-order valence-electron chi connectivity index (χ3n) is 4.76. The highest BCUT2D eigenvalue weighted by Crippen LogP contribution is 2.37. The first-order valence-electron chi connectivity index (χ1n) is 8.24. The molecule has 0 radical (unpaired) electrons. The van der Waals surface area contributed by atoms with E-state index in [-0.39, 0.29) is 11.2 Å². The summed E-state index contributed by atoms with van der Waals surface area (Å²) in [6, 6.07) is 5.97. The van der Waals surface area contributed by atoms with E-state index in [0.29, 0.717) is 6.61 Å². The predicted octanol–water partition coefficient (Wildman–Crippen LogP) is 3.97. The minimum Gasteiger partial charge on any atom is -0.489 e. The van der Waals surface area contributed by atoms with E-state index in [2.05, 4.69) is 40.9 Å². The van der Waals surface area contributed by atoms with Gasteiger partial charge >= 0.3 is 7.12 Å². The van der Waals surface area contributed by atoms with E-state index in [1.807, 2.05) is 31.2 Å². The van der Waals surface area contributed by atoms with Crippen molar-refractivity contribution in [2.75, 3.05) is 6.61 Å². The molecule has 2 rings (SSSR count). The molecule has 1 saturated heterocycles. The Hall–Kier alpha value is -1.78. The van der Waals surface area contributed by atoms with Gasteiger partial charge in [-0.25, -0.2) is 0 Å². The largest absolute Gasteiger partial charge is 0.498 e. The molecule has 0 bridgehead atoms. The fourth-order valence-electron chi connectivity index (χ4n) is 2.53. The van der Waals surface area contributed by atoms with Crippen LogP contribution in [-0.4, -0.2) is 24.9 Å². The summed E-state index contributed by atoms with van der Waals surface area (Å²) in [6.07, 6.45) is 5.38. The first kappa shape index (κ1) is 18.6. The summed E-state index contributed by atoms with van der Waals surface area (Å²) < 4.78 is 18.4. The summed E-state index contributed by atoms with van der Waals surface area (Å²) in [5, 5.41) is 0. The highest BCUT2D eigenvalue weighted by atomic mass is 16.7. The van der Waals surface area contributed by atoms with Gasteiger partial charge in [0.1, 0.15) is 12.4 Å². The molecule has 4 heteroatoms. The standard InChI is InChI=1S/C20H27BO3/c1-8-11-16(9-2)14-22-17-13-10-12-15(3)18(17)21-23-19(4,5)20(6,7)24-21/h8-13H,1-2,14H2,3-7H3/b16-11+. The topological polar surface area (TPSA) is 27.7 Å². The average molecular weight is 326 g/mol. The van der Waals surface area contributed by atoms with E-state index < -0.39 is 7.12 Å². The highest BCUT2D eigenvalue weighted by molar-refractivity contribution is 6.63. The van der Waals surface area contributed by atoms with Gasteiger partial charge in [0, 0.05) is 5.46 Å². The molecular formula is C20H27BO3. The van der Waals surface area contributed by atoms with Gasteiger partial charge in [0.25, 0.3) is 0 Å². The predicted molar refractivity (Wildman–Crippen MR) is 101 cm³/mol. The number of allylic oxidation sites excluding steroid dienone is 2. The lowest BCUT2D eigenvalue weighted by Crippen LogP contribution is -2.41. The van der Waals surface area contributed by atoms with Gasteiger partial charge in [-0.1, -0.05) is 43.5 Å². The van der Waals surface area contributed by atoms with Gasteiger partial charge in [-0.05, 0) is 51.8 Å². The van der Waals surface area contributed by atoms with Crippen LogP contribution in [0.1, 0.15) is 33.3 Å². The second kappa shape index (κ2) is 7.00. The van der Waals surface area contributed by atoms with Gasteiger partial charge < -0.3 is 14.0 Å². The van der Waals surface area contributed by atoms with Gasteiger partial charge in [-0.2, -0.15) is 0 Å². The number of ether oxygens (including phenoxy) is 1. The zero-order chi connectivity index (χ0) is 18.0. The quantitative estimate of drug-likeness (QED) is 0.585. The normalized spacial score (nSPS) is 19.2. The molecule has 1 fully saturated rings. The second-order valence-electron chi connectivity index (χ2n) is 7.05. The molecule has 0 saturated carbocycles. The van der Waals surface area contributed by atoms with Crippen molar-refractivity contribution in [1.82, 2.24) is 0 Å². The van der Waals surface area contributed by atoms with Crippen LogP contribution < -0.4 is 10.2 Å². The number of hydrogen-bond acceptors (Lipinski definition) is 3. The van der Waals surface area contributed by atoms with Crippen molar-refractivity contribution in [2.24, 2.45) is 0 Å².